The predicted octanol–water partition coefficient (Wildman–Crippen LogP) is 10.4. The molecule has 0 saturated carbocycles. The van der Waals surface area contributed by atoms with Crippen molar-refractivity contribution in [2.75, 3.05) is 0 Å². The van der Waals surface area contributed by atoms with Crippen molar-refractivity contribution in [2.45, 2.75) is 40.8 Å². The second-order valence-corrected chi connectivity index (χ2v) is 11.6. The minimum Gasteiger partial charge on any atom is -0.512 e. The average molecular weight is 835 g/mol. The van der Waals surface area contributed by atoms with Crippen LogP contribution in [-0.2, 0) is 38.0 Å². The normalized spacial score (nSPS) is 11.1. The van der Waals surface area contributed by atoms with Gasteiger partial charge in [-0.25, -0.2) is 0 Å². The first kappa shape index (κ1) is 35.9. The third-order valence-electron chi connectivity index (χ3n) is 8.34. The number of ketones is 1. The summed E-state index contributed by atoms with van der Waals surface area (Å²) in [5.74, 6) is -0.0625. The summed E-state index contributed by atoms with van der Waals surface area (Å²) in [6.07, 6.45) is 4.81. The monoisotopic (exact) mass is 835 g/mol. The maximum absolute atomic E-state index is 10.0. The van der Waals surface area contributed by atoms with E-state index in [2.05, 4.69) is 118 Å². The van der Waals surface area contributed by atoms with Crippen molar-refractivity contribution in [3.63, 3.8) is 0 Å². The Morgan fingerprint density at radius 3 is 1.40 bits per heavy atom. The van der Waals surface area contributed by atoms with E-state index in [-0.39, 0.29) is 31.6 Å². The molecule has 8 aromatic rings. The molecule has 0 spiro atoms. The molecule has 1 radical (unpaired) electrons. The predicted molar refractivity (Wildman–Crippen MR) is 201 cm³/mol. The van der Waals surface area contributed by atoms with Gasteiger partial charge in [-0.2, -0.15) is 0 Å². The van der Waals surface area contributed by atoms with Crippen molar-refractivity contribution in [3.05, 3.63) is 146 Å². The number of aliphatic hydroxyl groups excluding tert-OH is 1. The summed E-state index contributed by atoms with van der Waals surface area (Å²) in [6, 6.07) is 44.4. The van der Waals surface area contributed by atoms with E-state index < -0.39 is 0 Å². The topological polar surface area (TPSA) is 72.9 Å². The smallest absolute Gasteiger partial charge is 0.155 e. The standard InChI is InChI=1S/2C19H15N2.C5H8O2.Ir/c2*1-2-21-18-9-4-3-7-15(18)16-11-10-14(13-19(16)21)17-8-5-6-12-20-17;1-4(6)3-5(2)7;/h2*3-9,11-13H,2H2,1H3;3,6H,1-2H3;/q2*-1;;/b;;4-3-;. The maximum Gasteiger partial charge on any atom is 0.155 e. The Bertz CT molecular complexity index is 2250. The second-order valence-electron chi connectivity index (χ2n) is 11.6. The number of aryl methyl sites for hydroxylation is 2. The van der Waals surface area contributed by atoms with Crippen LogP contribution in [0.3, 0.4) is 0 Å². The van der Waals surface area contributed by atoms with Gasteiger partial charge in [-0.05, 0) is 85.2 Å². The molecule has 0 unspecified atom stereocenters. The van der Waals surface area contributed by atoms with Crippen molar-refractivity contribution >= 4 is 49.4 Å². The Hall–Kier alpha value is -5.36. The van der Waals surface area contributed by atoms with E-state index in [1.165, 1.54) is 63.5 Å². The number of benzene rings is 4. The van der Waals surface area contributed by atoms with Crippen LogP contribution in [0.1, 0.15) is 27.7 Å². The molecule has 6 nitrogen and oxygen atoms in total. The fourth-order valence-corrected chi connectivity index (χ4v) is 6.29. The van der Waals surface area contributed by atoms with E-state index in [9.17, 15) is 4.79 Å². The van der Waals surface area contributed by atoms with Gasteiger partial charge in [0.05, 0.1) is 5.76 Å². The molecule has 0 amide bonds. The molecule has 8 rings (SSSR count). The maximum atomic E-state index is 10.0. The molecule has 0 aliphatic heterocycles. The molecule has 0 saturated heterocycles. The van der Waals surface area contributed by atoms with Crippen LogP contribution in [0.15, 0.2) is 133 Å². The Labute approximate surface area is 306 Å². The van der Waals surface area contributed by atoms with Crippen molar-refractivity contribution in [3.8, 4) is 22.5 Å². The summed E-state index contributed by atoms with van der Waals surface area (Å²) >= 11 is 0. The van der Waals surface area contributed by atoms with Gasteiger partial charge in [0.15, 0.2) is 5.78 Å². The largest absolute Gasteiger partial charge is 0.512 e. The first-order chi connectivity index (χ1) is 23.9. The fourth-order valence-electron chi connectivity index (χ4n) is 6.29. The van der Waals surface area contributed by atoms with Crippen molar-refractivity contribution in [1.82, 2.24) is 19.1 Å². The van der Waals surface area contributed by atoms with E-state index in [0.29, 0.717) is 0 Å². The summed E-state index contributed by atoms with van der Waals surface area (Å²) < 4.78 is 4.70. The molecule has 0 aliphatic rings. The van der Waals surface area contributed by atoms with E-state index in [0.717, 1.165) is 35.6 Å². The first-order valence-corrected chi connectivity index (χ1v) is 16.5. The number of fused-ring (bicyclic) bond motifs is 6. The van der Waals surface area contributed by atoms with Crippen molar-refractivity contribution in [1.29, 1.82) is 0 Å². The van der Waals surface area contributed by atoms with Gasteiger partial charge in [0.25, 0.3) is 0 Å². The number of allylic oxidation sites excluding steroid dienone is 2. The summed E-state index contributed by atoms with van der Waals surface area (Å²) in [4.78, 5) is 18.9. The minimum atomic E-state index is -0.125. The third kappa shape index (κ3) is 7.60. The molecule has 253 valence electrons. The zero-order valence-corrected chi connectivity index (χ0v) is 30.9. The summed E-state index contributed by atoms with van der Waals surface area (Å²) in [7, 11) is 0. The van der Waals surface area contributed by atoms with Gasteiger partial charge in [0.1, 0.15) is 0 Å². The van der Waals surface area contributed by atoms with Gasteiger partial charge in [0, 0.05) is 62.7 Å². The number of aliphatic hydroxyl groups is 1. The van der Waals surface area contributed by atoms with Gasteiger partial charge in [-0.3, -0.25) is 4.79 Å². The molecule has 4 aromatic carbocycles. The minimum absolute atomic E-state index is 0. The van der Waals surface area contributed by atoms with E-state index in [1.54, 1.807) is 0 Å². The SMILES string of the molecule is CC(=O)/C=C(/C)O.CCn1c2ccccc2c2c[c-]c(-c3ccccn3)cc21.CCn1c2ccccc2c2c[c-]c(-c3ccccn3)cc21.[Ir]. The summed E-state index contributed by atoms with van der Waals surface area (Å²) in [6.45, 7) is 9.12. The van der Waals surface area contributed by atoms with Crippen LogP contribution >= 0.6 is 0 Å². The molecule has 4 aromatic heterocycles. The van der Waals surface area contributed by atoms with Gasteiger partial charge in [-0.15, -0.1) is 47.5 Å². The van der Waals surface area contributed by atoms with E-state index >= 15 is 0 Å². The third-order valence-corrected chi connectivity index (χ3v) is 8.34. The number of hydrogen-bond acceptors (Lipinski definition) is 4. The molecular weight excluding hydrogens is 797 g/mol. The van der Waals surface area contributed by atoms with Crippen molar-refractivity contribution in [2.24, 2.45) is 0 Å². The number of para-hydroxylation sites is 2. The molecule has 0 aliphatic carbocycles. The Kier molecular flexibility index (Phi) is 11.8. The van der Waals surface area contributed by atoms with E-state index in [1.807, 2.05) is 48.8 Å². The molecule has 1 N–H and O–H groups in total. The number of carbonyl (C=O) groups is 1. The molecule has 0 bridgehead atoms. The van der Waals surface area contributed by atoms with Crippen LogP contribution < -0.4 is 0 Å². The summed E-state index contributed by atoms with van der Waals surface area (Å²) in [5, 5.41) is 13.5. The van der Waals surface area contributed by atoms with E-state index in [4.69, 9.17) is 5.11 Å². The fraction of sp³-hybridized carbons (Fsp3) is 0.140. The second kappa shape index (κ2) is 16.4. The van der Waals surface area contributed by atoms with Gasteiger partial charge in [0.2, 0.25) is 0 Å². The van der Waals surface area contributed by atoms with Gasteiger partial charge in [-0.1, -0.05) is 71.4 Å². The number of nitrogens with zero attached hydrogens (tertiary/aromatic N) is 4. The van der Waals surface area contributed by atoms with Crippen LogP contribution in [0.2, 0.25) is 0 Å². The Balaban J connectivity index is 0.000000162. The number of carbonyl (C=O) groups excluding carboxylic acids is 1. The number of hydrogen-bond donors (Lipinski definition) is 1. The molecule has 4 heterocycles. The Morgan fingerprint density at radius 1 is 0.640 bits per heavy atom. The summed E-state index contributed by atoms with van der Waals surface area (Å²) in [5.41, 5.74) is 9.07. The zero-order valence-electron chi connectivity index (χ0n) is 28.5. The molecule has 50 heavy (non-hydrogen) atoms. The molecule has 7 heteroatoms. The van der Waals surface area contributed by atoms with Gasteiger partial charge < -0.3 is 24.2 Å². The van der Waals surface area contributed by atoms with Gasteiger partial charge >= 0.3 is 0 Å². The quantitative estimate of drug-likeness (QED) is 0.107. The Morgan fingerprint density at radius 2 is 1.06 bits per heavy atom. The molecular formula is C43H38IrN4O2-2. The van der Waals surface area contributed by atoms with Crippen LogP contribution in [-0.4, -0.2) is 30.0 Å². The van der Waals surface area contributed by atoms with Crippen LogP contribution in [0, 0.1) is 12.1 Å². The number of pyridine rings is 2. The van der Waals surface area contributed by atoms with Crippen molar-refractivity contribution < 1.29 is 30.0 Å². The van der Waals surface area contributed by atoms with Crippen LogP contribution in [0.4, 0.5) is 0 Å². The zero-order chi connectivity index (χ0) is 34.3. The number of rotatable bonds is 5. The first-order valence-electron chi connectivity index (χ1n) is 16.5. The molecule has 0 fully saturated rings. The molecule has 0 atom stereocenters. The number of aromatic nitrogens is 4. The van der Waals surface area contributed by atoms with Crippen LogP contribution in [0.25, 0.3) is 66.1 Å². The van der Waals surface area contributed by atoms with Crippen LogP contribution in [0.5, 0.6) is 0 Å². The average Bonchev–Trinajstić information content (AvgIpc) is 3.63.